The van der Waals surface area contributed by atoms with Crippen molar-refractivity contribution >= 4 is 0 Å². The lowest BCUT2D eigenvalue weighted by molar-refractivity contribution is -0.0182. The second kappa shape index (κ2) is 4.66. The summed E-state index contributed by atoms with van der Waals surface area (Å²) in [6, 6.07) is 3.18. The van der Waals surface area contributed by atoms with Crippen LogP contribution in [0.3, 0.4) is 0 Å². The van der Waals surface area contributed by atoms with Gasteiger partial charge in [-0.3, -0.25) is 0 Å². The first kappa shape index (κ1) is 11.8. The molecule has 90 valence electrons. The molecule has 0 saturated carbocycles. The first-order chi connectivity index (χ1) is 8.17. The Morgan fingerprint density at radius 3 is 2.88 bits per heavy atom. The van der Waals surface area contributed by atoms with Gasteiger partial charge < -0.3 is 20.7 Å². The molecule has 0 amide bonds. The maximum absolute atomic E-state index is 9.84. The van der Waals surface area contributed by atoms with Crippen LogP contribution in [0.15, 0.2) is 12.1 Å². The van der Waals surface area contributed by atoms with Crippen LogP contribution >= 0.6 is 0 Å². The summed E-state index contributed by atoms with van der Waals surface area (Å²) < 4.78 is 5.74. The first-order valence-electron chi connectivity index (χ1n) is 5.50. The molecule has 2 rings (SSSR count). The Morgan fingerprint density at radius 2 is 2.24 bits per heavy atom. The Bertz CT molecular complexity index is 464. The van der Waals surface area contributed by atoms with Crippen LogP contribution in [0.2, 0.25) is 0 Å². The summed E-state index contributed by atoms with van der Waals surface area (Å²) in [6.07, 6.45) is 5.79. The Morgan fingerprint density at radius 1 is 1.47 bits per heavy atom. The van der Waals surface area contributed by atoms with Gasteiger partial charge in [0, 0.05) is 24.9 Å². The zero-order chi connectivity index (χ0) is 12.4. The van der Waals surface area contributed by atoms with Gasteiger partial charge in [-0.1, -0.05) is 6.07 Å². The van der Waals surface area contributed by atoms with E-state index >= 15 is 0 Å². The van der Waals surface area contributed by atoms with E-state index in [1.807, 2.05) is 0 Å². The average Bonchev–Trinajstić information content (AvgIpc) is 2.34. The highest BCUT2D eigenvalue weighted by atomic mass is 16.5. The SMILES string of the molecule is C#CC[C@@H]1Cc2c(ccc(O)c2O)[C@H](CN)O1. The quantitative estimate of drug-likeness (QED) is 0.527. The number of hydrogen-bond donors (Lipinski definition) is 3. The van der Waals surface area contributed by atoms with E-state index in [2.05, 4.69) is 5.92 Å². The average molecular weight is 233 g/mol. The molecule has 2 atom stereocenters. The third kappa shape index (κ3) is 2.07. The van der Waals surface area contributed by atoms with Gasteiger partial charge in [-0.25, -0.2) is 0 Å². The summed E-state index contributed by atoms with van der Waals surface area (Å²) >= 11 is 0. The molecule has 17 heavy (non-hydrogen) atoms. The minimum Gasteiger partial charge on any atom is -0.504 e. The van der Waals surface area contributed by atoms with Gasteiger partial charge >= 0.3 is 0 Å². The minimum absolute atomic E-state index is 0.0914. The summed E-state index contributed by atoms with van der Waals surface area (Å²) in [5, 5.41) is 19.3. The van der Waals surface area contributed by atoms with E-state index in [4.69, 9.17) is 16.9 Å². The van der Waals surface area contributed by atoms with E-state index in [9.17, 15) is 10.2 Å². The highest BCUT2D eigenvalue weighted by molar-refractivity contribution is 5.51. The molecular weight excluding hydrogens is 218 g/mol. The highest BCUT2D eigenvalue weighted by Gasteiger charge is 2.29. The number of rotatable bonds is 2. The summed E-state index contributed by atoms with van der Waals surface area (Å²) in [6.45, 7) is 0.318. The second-order valence-electron chi connectivity index (χ2n) is 4.10. The van der Waals surface area contributed by atoms with E-state index < -0.39 is 0 Å². The minimum atomic E-state index is -0.274. The number of phenolic OH excluding ortho intramolecular Hbond substituents is 2. The van der Waals surface area contributed by atoms with E-state index in [1.165, 1.54) is 6.07 Å². The van der Waals surface area contributed by atoms with Crippen molar-refractivity contribution in [1.29, 1.82) is 0 Å². The number of benzene rings is 1. The summed E-state index contributed by atoms with van der Waals surface area (Å²) in [5.41, 5.74) is 7.16. The predicted octanol–water partition coefficient (Wildman–Crippen LogP) is 1.06. The van der Waals surface area contributed by atoms with Crippen molar-refractivity contribution < 1.29 is 14.9 Å². The Labute approximate surface area is 100 Å². The first-order valence-corrected chi connectivity index (χ1v) is 5.50. The molecule has 1 aromatic carbocycles. The number of phenols is 2. The van der Waals surface area contributed by atoms with E-state index in [0.717, 1.165) is 5.56 Å². The number of ether oxygens (including phenoxy) is 1. The third-order valence-electron chi connectivity index (χ3n) is 2.99. The standard InChI is InChI=1S/C13H15NO3/c1-2-3-8-6-10-9(12(7-14)17-8)4-5-11(15)13(10)16/h1,4-5,8,12,15-16H,3,6-7,14H2/t8-,12+/m1/s1. The molecule has 0 spiro atoms. The predicted molar refractivity (Wildman–Crippen MR) is 63.6 cm³/mol. The van der Waals surface area contributed by atoms with Crippen molar-refractivity contribution in [2.45, 2.75) is 25.0 Å². The number of aromatic hydroxyl groups is 2. The van der Waals surface area contributed by atoms with Gasteiger partial charge in [0.05, 0.1) is 12.2 Å². The van der Waals surface area contributed by atoms with Gasteiger partial charge in [0.15, 0.2) is 11.5 Å². The molecule has 4 N–H and O–H groups in total. The molecule has 0 saturated heterocycles. The van der Waals surface area contributed by atoms with Crippen LogP contribution in [0, 0.1) is 12.3 Å². The number of fused-ring (bicyclic) bond motifs is 1. The molecule has 0 radical (unpaired) electrons. The van der Waals surface area contributed by atoms with Gasteiger partial charge in [-0.05, 0) is 11.6 Å². The molecule has 0 aliphatic carbocycles. The maximum atomic E-state index is 9.84. The summed E-state index contributed by atoms with van der Waals surface area (Å²) in [7, 11) is 0. The number of hydrogen-bond acceptors (Lipinski definition) is 4. The van der Waals surface area contributed by atoms with Gasteiger partial charge in [-0.2, -0.15) is 0 Å². The fraction of sp³-hybridized carbons (Fsp3) is 0.385. The molecule has 1 aliphatic heterocycles. The molecule has 0 fully saturated rings. The van der Waals surface area contributed by atoms with Crippen molar-refractivity contribution in [2.24, 2.45) is 5.73 Å². The Balaban J connectivity index is 2.41. The molecule has 4 heteroatoms. The van der Waals surface area contributed by atoms with E-state index in [-0.39, 0.29) is 23.7 Å². The molecule has 0 bridgehead atoms. The smallest absolute Gasteiger partial charge is 0.161 e. The zero-order valence-electron chi connectivity index (χ0n) is 9.39. The maximum Gasteiger partial charge on any atom is 0.161 e. The van der Waals surface area contributed by atoms with Gasteiger partial charge in [0.25, 0.3) is 0 Å². The fourth-order valence-corrected chi connectivity index (χ4v) is 2.17. The van der Waals surface area contributed by atoms with Crippen molar-refractivity contribution in [3.8, 4) is 23.8 Å². The molecule has 1 heterocycles. The van der Waals surface area contributed by atoms with Crippen LogP contribution in [0.1, 0.15) is 23.7 Å². The van der Waals surface area contributed by atoms with E-state index in [0.29, 0.717) is 24.9 Å². The molecule has 1 aliphatic rings. The summed E-state index contributed by atoms with van der Waals surface area (Å²) in [4.78, 5) is 0. The van der Waals surface area contributed by atoms with Gasteiger partial charge in [0.2, 0.25) is 0 Å². The molecular formula is C13H15NO3. The highest BCUT2D eigenvalue weighted by Crippen LogP contribution is 2.40. The molecule has 1 aromatic rings. The fourth-order valence-electron chi connectivity index (χ4n) is 2.17. The Kier molecular flexibility index (Phi) is 3.23. The normalized spacial score (nSPS) is 22.8. The van der Waals surface area contributed by atoms with Crippen LogP contribution in [0.25, 0.3) is 0 Å². The van der Waals surface area contributed by atoms with Crippen LogP contribution in [-0.4, -0.2) is 22.9 Å². The number of terminal acetylenes is 1. The third-order valence-corrected chi connectivity index (χ3v) is 2.99. The summed E-state index contributed by atoms with van der Waals surface area (Å²) in [5.74, 6) is 2.32. The van der Waals surface area contributed by atoms with Crippen LogP contribution in [0.5, 0.6) is 11.5 Å². The second-order valence-corrected chi connectivity index (χ2v) is 4.10. The zero-order valence-corrected chi connectivity index (χ0v) is 9.39. The van der Waals surface area contributed by atoms with Crippen molar-refractivity contribution in [1.82, 2.24) is 0 Å². The number of nitrogens with two attached hydrogens (primary N) is 1. The molecule has 0 aromatic heterocycles. The van der Waals surface area contributed by atoms with Crippen LogP contribution in [-0.2, 0) is 11.2 Å². The van der Waals surface area contributed by atoms with E-state index in [1.54, 1.807) is 6.07 Å². The largest absolute Gasteiger partial charge is 0.504 e. The lowest BCUT2D eigenvalue weighted by Gasteiger charge is -2.31. The molecule has 0 unspecified atom stereocenters. The topological polar surface area (TPSA) is 75.7 Å². The Hall–Kier alpha value is -1.70. The van der Waals surface area contributed by atoms with Crippen molar-refractivity contribution in [2.75, 3.05) is 6.54 Å². The van der Waals surface area contributed by atoms with Crippen LogP contribution < -0.4 is 5.73 Å². The lowest BCUT2D eigenvalue weighted by atomic mass is 9.92. The van der Waals surface area contributed by atoms with Crippen molar-refractivity contribution in [3.05, 3.63) is 23.3 Å². The van der Waals surface area contributed by atoms with Gasteiger partial charge in [-0.15, -0.1) is 12.3 Å². The lowest BCUT2D eigenvalue weighted by Crippen LogP contribution is -2.30. The van der Waals surface area contributed by atoms with Crippen molar-refractivity contribution in [3.63, 3.8) is 0 Å². The van der Waals surface area contributed by atoms with Crippen LogP contribution in [0.4, 0.5) is 0 Å². The monoisotopic (exact) mass is 233 g/mol. The molecule has 4 nitrogen and oxygen atoms in total. The van der Waals surface area contributed by atoms with Gasteiger partial charge in [0.1, 0.15) is 0 Å².